The van der Waals surface area contributed by atoms with Gasteiger partial charge in [-0.25, -0.2) is 13.1 Å². The van der Waals surface area contributed by atoms with Crippen LogP contribution in [0.4, 0.5) is 0 Å². The minimum atomic E-state index is -3.58. The Morgan fingerprint density at radius 2 is 2.29 bits per heavy atom. The van der Waals surface area contributed by atoms with Gasteiger partial charge >= 0.3 is 0 Å². The summed E-state index contributed by atoms with van der Waals surface area (Å²) in [6, 6.07) is 1.35. The summed E-state index contributed by atoms with van der Waals surface area (Å²) >= 11 is 4.76. The average molecular weight is 393 g/mol. The van der Waals surface area contributed by atoms with E-state index in [0.717, 1.165) is 17.0 Å². The van der Waals surface area contributed by atoms with Crippen LogP contribution >= 0.6 is 27.3 Å². The van der Waals surface area contributed by atoms with Crippen LogP contribution < -0.4 is 10.0 Å². The fraction of sp³-hybridized carbons (Fsp3) is 0.417. The lowest BCUT2D eigenvalue weighted by atomic mass is 10.2. The number of aromatic amines is 1. The number of sulfonamides is 1. The maximum Gasteiger partial charge on any atom is 0.243 e. The van der Waals surface area contributed by atoms with Gasteiger partial charge in [-0.2, -0.15) is 5.10 Å². The molecule has 0 saturated heterocycles. The first-order chi connectivity index (χ1) is 9.94. The molecule has 1 unspecified atom stereocenters. The lowest BCUT2D eigenvalue weighted by Crippen LogP contribution is -2.26. The van der Waals surface area contributed by atoms with E-state index in [2.05, 4.69) is 36.2 Å². The Morgan fingerprint density at radius 3 is 2.90 bits per heavy atom. The van der Waals surface area contributed by atoms with E-state index in [0.29, 0.717) is 10.3 Å². The van der Waals surface area contributed by atoms with E-state index >= 15 is 0 Å². The molecule has 1 atom stereocenters. The standard InChI is InChI=1S/C12H17BrN4O2S2/c1-3-14-7-10-4-11(12(13)20-10)21(18,19)17-8(2)9-5-15-16-6-9/h4-6,8,14,17H,3,7H2,1-2H3,(H,15,16). The highest BCUT2D eigenvalue weighted by Crippen LogP contribution is 2.32. The lowest BCUT2D eigenvalue weighted by molar-refractivity contribution is 0.567. The fourth-order valence-corrected chi connectivity index (χ4v) is 5.66. The van der Waals surface area contributed by atoms with Gasteiger partial charge in [0.25, 0.3) is 0 Å². The molecule has 2 aromatic rings. The van der Waals surface area contributed by atoms with Gasteiger partial charge in [-0.05, 0) is 35.5 Å². The molecule has 9 heteroatoms. The molecule has 6 nitrogen and oxygen atoms in total. The van der Waals surface area contributed by atoms with Crippen LogP contribution in [0.1, 0.15) is 30.3 Å². The SMILES string of the molecule is CCNCc1cc(S(=O)(=O)NC(C)c2cn[nH]c2)c(Br)s1. The number of halogens is 1. The molecule has 0 aliphatic carbocycles. The molecule has 0 saturated carbocycles. The highest BCUT2D eigenvalue weighted by atomic mass is 79.9. The molecule has 2 rings (SSSR count). The topological polar surface area (TPSA) is 86.9 Å². The number of rotatable bonds is 7. The molecule has 3 N–H and O–H groups in total. The molecule has 2 heterocycles. The Hall–Kier alpha value is -0.740. The zero-order valence-corrected chi connectivity index (χ0v) is 14.9. The predicted octanol–water partition coefficient (Wildman–Crippen LogP) is 2.38. The quantitative estimate of drug-likeness (QED) is 0.674. The maximum atomic E-state index is 12.5. The van der Waals surface area contributed by atoms with Gasteiger partial charge in [0, 0.05) is 29.2 Å². The first-order valence-corrected chi connectivity index (χ1v) is 9.53. The van der Waals surface area contributed by atoms with Crippen molar-refractivity contribution in [3.63, 3.8) is 0 Å². The number of H-pyrrole nitrogens is 1. The first kappa shape index (κ1) is 16.6. The fourth-order valence-electron chi connectivity index (χ4n) is 1.78. The number of hydrogen-bond donors (Lipinski definition) is 3. The van der Waals surface area contributed by atoms with Crippen molar-refractivity contribution in [3.8, 4) is 0 Å². The van der Waals surface area contributed by atoms with Crippen molar-refractivity contribution in [2.75, 3.05) is 6.54 Å². The maximum absolute atomic E-state index is 12.5. The van der Waals surface area contributed by atoms with Crippen molar-refractivity contribution in [1.82, 2.24) is 20.2 Å². The van der Waals surface area contributed by atoms with Gasteiger partial charge in [-0.15, -0.1) is 11.3 Å². The van der Waals surface area contributed by atoms with Crippen LogP contribution in [-0.4, -0.2) is 25.2 Å². The van der Waals surface area contributed by atoms with Gasteiger partial charge in [-0.1, -0.05) is 6.92 Å². The van der Waals surface area contributed by atoms with Crippen LogP contribution in [0, 0.1) is 0 Å². The monoisotopic (exact) mass is 392 g/mol. The van der Waals surface area contributed by atoms with Crippen LogP contribution in [0.3, 0.4) is 0 Å². The van der Waals surface area contributed by atoms with Crippen LogP contribution in [0.15, 0.2) is 27.1 Å². The van der Waals surface area contributed by atoms with Crippen molar-refractivity contribution in [3.05, 3.63) is 32.7 Å². The van der Waals surface area contributed by atoms with E-state index in [-0.39, 0.29) is 10.9 Å². The zero-order valence-electron chi connectivity index (χ0n) is 11.7. The van der Waals surface area contributed by atoms with E-state index in [1.54, 1.807) is 25.4 Å². The summed E-state index contributed by atoms with van der Waals surface area (Å²) in [6.45, 7) is 5.29. The first-order valence-electron chi connectivity index (χ1n) is 6.44. The van der Waals surface area contributed by atoms with Crippen LogP contribution in [-0.2, 0) is 16.6 Å². The molecular weight excluding hydrogens is 376 g/mol. The zero-order chi connectivity index (χ0) is 15.5. The van der Waals surface area contributed by atoms with Crippen molar-refractivity contribution in [2.24, 2.45) is 0 Å². The van der Waals surface area contributed by atoms with Crippen LogP contribution in [0.2, 0.25) is 0 Å². The molecule has 0 spiro atoms. The second-order valence-electron chi connectivity index (χ2n) is 4.51. The number of nitrogens with one attached hydrogen (secondary N) is 3. The van der Waals surface area contributed by atoms with E-state index in [9.17, 15) is 8.42 Å². The van der Waals surface area contributed by atoms with Crippen LogP contribution in [0.25, 0.3) is 0 Å². The van der Waals surface area contributed by atoms with Crippen molar-refractivity contribution >= 4 is 37.3 Å². The van der Waals surface area contributed by atoms with Gasteiger partial charge in [0.15, 0.2) is 0 Å². The summed E-state index contributed by atoms with van der Waals surface area (Å²) in [4.78, 5) is 1.25. The molecule has 0 aliphatic heterocycles. The molecule has 0 radical (unpaired) electrons. The molecule has 21 heavy (non-hydrogen) atoms. The number of nitrogens with zero attached hydrogens (tertiary/aromatic N) is 1. The third-order valence-electron chi connectivity index (χ3n) is 2.90. The highest BCUT2D eigenvalue weighted by molar-refractivity contribution is 9.11. The van der Waals surface area contributed by atoms with Gasteiger partial charge in [0.1, 0.15) is 4.90 Å². The lowest BCUT2D eigenvalue weighted by Gasteiger charge is -2.11. The van der Waals surface area contributed by atoms with E-state index in [1.807, 2.05) is 6.92 Å². The van der Waals surface area contributed by atoms with E-state index in [1.165, 1.54) is 11.3 Å². The molecule has 0 aromatic carbocycles. The third-order valence-corrected chi connectivity index (χ3v) is 6.69. The molecule has 0 aliphatic rings. The highest BCUT2D eigenvalue weighted by Gasteiger charge is 2.23. The number of thiophene rings is 1. The predicted molar refractivity (Wildman–Crippen MR) is 86.7 cm³/mol. The van der Waals surface area contributed by atoms with Gasteiger partial charge in [-0.3, -0.25) is 5.10 Å². The number of aromatic nitrogens is 2. The van der Waals surface area contributed by atoms with Crippen LogP contribution in [0.5, 0.6) is 0 Å². The number of hydrogen-bond acceptors (Lipinski definition) is 5. The molecular formula is C12H17BrN4O2S2. The molecule has 0 fully saturated rings. The Bertz CT molecular complexity index is 682. The summed E-state index contributed by atoms with van der Waals surface area (Å²) in [5.74, 6) is 0. The Labute approximate surface area is 136 Å². The Kier molecular flexibility index (Phi) is 5.55. The Balaban J connectivity index is 2.17. The minimum Gasteiger partial charge on any atom is -0.312 e. The summed E-state index contributed by atoms with van der Waals surface area (Å²) < 4.78 is 28.2. The normalized spacial score (nSPS) is 13.5. The molecule has 116 valence electrons. The largest absolute Gasteiger partial charge is 0.312 e. The second kappa shape index (κ2) is 7.01. The summed E-state index contributed by atoms with van der Waals surface area (Å²) in [5, 5.41) is 9.68. The summed E-state index contributed by atoms with van der Waals surface area (Å²) in [6.07, 6.45) is 3.28. The minimum absolute atomic E-state index is 0.274. The Morgan fingerprint density at radius 1 is 1.52 bits per heavy atom. The molecule has 0 bridgehead atoms. The van der Waals surface area contributed by atoms with Crippen molar-refractivity contribution in [2.45, 2.75) is 31.3 Å². The van der Waals surface area contributed by atoms with Gasteiger partial charge < -0.3 is 5.32 Å². The van der Waals surface area contributed by atoms with Gasteiger partial charge in [0.2, 0.25) is 10.0 Å². The van der Waals surface area contributed by atoms with E-state index < -0.39 is 10.0 Å². The average Bonchev–Trinajstić information content (AvgIpc) is 3.05. The summed E-state index contributed by atoms with van der Waals surface area (Å²) in [5.41, 5.74) is 0.790. The molecule has 0 amide bonds. The van der Waals surface area contributed by atoms with E-state index in [4.69, 9.17) is 0 Å². The van der Waals surface area contributed by atoms with Crippen molar-refractivity contribution < 1.29 is 8.42 Å². The smallest absolute Gasteiger partial charge is 0.243 e. The van der Waals surface area contributed by atoms with Crippen molar-refractivity contribution in [1.29, 1.82) is 0 Å². The third kappa shape index (κ3) is 4.13. The second-order valence-corrected chi connectivity index (χ2v) is 8.64. The van der Waals surface area contributed by atoms with Gasteiger partial charge in [0.05, 0.1) is 9.98 Å². The molecule has 2 aromatic heterocycles. The summed E-state index contributed by atoms with van der Waals surface area (Å²) in [7, 11) is -3.58.